The first kappa shape index (κ1) is 11.7. The minimum Gasteiger partial charge on any atom is -0.320 e. The molecule has 0 bridgehead atoms. The van der Waals surface area contributed by atoms with E-state index in [0.29, 0.717) is 6.41 Å². The summed E-state index contributed by atoms with van der Waals surface area (Å²) in [6.07, 6.45) is 2.48. The van der Waals surface area contributed by atoms with E-state index in [1.807, 2.05) is 13.8 Å². The third-order valence-corrected chi connectivity index (χ3v) is 3.20. The Hall–Kier alpha value is -1.42. The van der Waals surface area contributed by atoms with Gasteiger partial charge in [0.05, 0.1) is 4.88 Å². The first-order valence-electron chi connectivity index (χ1n) is 4.53. The normalized spacial score (nSPS) is 10.6. The van der Waals surface area contributed by atoms with Crippen molar-refractivity contribution in [3.63, 3.8) is 0 Å². The maximum absolute atomic E-state index is 10.5. The largest absolute Gasteiger partial charge is 0.320 e. The van der Waals surface area contributed by atoms with Crippen molar-refractivity contribution in [3.8, 4) is 0 Å². The highest BCUT2D eigenvalue weighted by molar-refractivity contribution is 7.18. The van der Waals surface area contributed by atoms with E-state index >= 15 is 0 Å². The molecule has 0 saturated carbocycles. The first-order valence-corrected chi connectivity index (χ1v) is 5.35. The summed E-state index contributed by atoms with van der Waals surface area (Å²) in [7, 11) is 1.73. The quantitative estimate of drug-likeness (QED) is 0.617. The molecule has 0 fully saturated rings. The molecule has 0 spiro atoms. The lowest BCUT2D eigenvalue weighted by molar-refractivity contribution is -0.105. The molecule has 0 aliphatic carbocycles. The topological polar surface area (TPSA) is 41.5 Å². The number of allylic oxidation sites excluding steroid dienone is 1. The Balaban J connectivity index is 3.31. The molecule has 1 N–H and O–H groups in total. The Kier molecular flexibility index (Phi) is 3.80. The molecule has 1 aromatic heterocycles. The number of aliphatic imine (C=N–C) groups is 1. The molecule has 1 rings (SSSR count). The van der Waals surface area contributed by atoms with Gasteiger partial charge in [-0.05, 0) is 25.0 Å². The summed E-state index contributed by atoms with van der Waals surface area (Å²) in [6, 6.07) is 0. The van der Waals surface area contributed by atoms with Gasteiger partial charge in [0.1, 0.15) is 5.00 Å². The van der Waals surface area contributed by atoms with E-state index in [9.17, 15) is 4.79 Å². The molecule has 1 amide bonds. The highest BCUT2D eigenvalue weighted by Gasteiger charge is 2.13. The van der Waals surface area contributed by atoms with Crippen molar-refractivity contribution in [1.29, 1.82) is 0 Å². The summed E-state index contributed by atoms with van der Waals surface area (Å²) < 4.78 is 0. The van der Waals surface area contributed by atoms with Crippen molar-refractivity contribution in [2.75, 3.05) is 12.4 Å². The molecular formula is C11H14N2OS. The van der Waals surface area contributed by atoms with Gasteiger partial charge in [-0.2, -0.15) is 0 Å². The Morgan fingerprint density at radius 3 is 2.73 bits per heavy atom. The van der Waals surface area contributed by atoms with E-state index in [0.717, 1.165) is 26.6 Å². The Labute approximate surface area is 93.5 Å². The number of nitrogens with zero attached hydrogens (tertiary/aromatic N) is 1. The van der Waals surface area contributed by atoms with Crippen LogP contribution in [0.25, 0.3) is 5.57 Å². The number of rotatable bonds is 4. The average molecular weight is 222 g/mol. The van der Waals surface area contributed by atoms with Crippen molar-refractivity contribution in [3.05, 3.63) is 22.6 Å². The van der Waals surface area contributed by atoms with Crippen LogP contribution in [0.5, 0.6) is 0 Å². The molecule has 4 heteroatoms. The van der Waals surface area contributed by atoms with Gasteiger partial charge in [0, 0.05) is 18.8 Å². The lowest BCUT2D eigenvalue weighted by atomic mass is 10.1. The Morgan fingerprint density at radius 2 is 2.27 bits per heavy atom. The number of carbonyl (C=O) groups is 1. The molecule has 0 atom stereocenters. The number of carbonyl (C=O) groups excluding carboxylic acids is 1. The van der Waals surface area contributed by atoms with Gasteiger partial charge in [-0.1, -0.05) is 6.58 Å². The molecular weight excluding hydrogens is 208 g/mol. The van der Waals surface area contributed by atoms with Crippen molar-refractivity contribution in [1.82, 2.24) is 0 Å². The molecule has 15 heavy (non-hydrogen) atoms. The Morgan fingerprint density at radius 1 is 1.60 bits per heavy atom. The van der Waals surface area contributed by atoms with Gasteiger partial charge in [-0.25, -0.2) is 0 Å². The molecule has 1 aromatic rings. The molecule has 0 aliphatic rings. The van der Waals surface area contributed by atoms with E-state index in [4.69, 9.17) is 0 Å². The highest BCUT2D eigenvalue weighted by Crippen LogP contribution is 2.35. The van der Waals surface area contributed by atoms with Gasteiger partial charge in [-0.3, -0.25) is 9.79 Å². The van der Waals surface area contributed by atoms with E-state index in [1.54, 1.807) is 13.3 Å². The minimum absolute atomic E-state index is 0.685. The molecule has 0 saturated heterocycles. The highest BCUT2D eigenvalue weighted by atomic mass is 32.1. The zero-order chi connectivity index (χ0) is 11.4. The predicted molar refractivity (Wildman–Crippen MR) is 67.0 cm³/mol. The van der Waals surface area contributed by atoms with Crippen LogP contribution in [0.3, 0.4) is 0 Å². The van der Waals surface area contributed by atoms with Gasteiger partial charge in [0.25, 0.3) is 0 Å². The van der Waals surface area contributed by atoms with Gasteiger partial charge in [0.2, 0.25) is 6.41 Å². The average Bonchev–Trinajstić information content (AvgIpc) is 2.45. The van der Waals surface area contributed by atoms with Crippen molar-refractivity contribution in [2.24, 2.45) is 4.99 Å². The minimum atomic E-state index is 0.685. The summed E-state index contributed by atoms with van der Waals surface area (Å²) in [5.74, 6) is 0. The zero-order valence-electron chi connectivity index (χ0n) is 9.13. The molecule has 3 nitrogen and oxygen atoms in total. The summed E-state index contributed by atoms with van der Waals surface area (Å²) in [4.78, 5) is 15.5. The maximum Gasteiger partial charge on any atom is 0.212 e. The van der Waals surface area contributed by atoms with Crippen LogP contribution < -0.4 is 5.32 Å². The van der Waals surface area contributed by atoms with Crippen molar-refractivity contribution >= 4 is 34.5 Å². The van der Waals surface area contributed by atoms with Crippen molar-refractivity contribution in [2.45, 2.75) is 13.8 Å². The first-order chi connectivity index (χ1) is 7.11. The summed E-state index contributed by atoms with van der Waals surface area (Å²) in [5.41, 5.74) is 3.08. The molecule has 1 heterocycles. The number of anilines is 1. The molecule has 0 aromatic carbocycles. The van der Waals surface area contributed by atoms with Crippen LogP contribution in [0, 0.1) is 6.92 Å². The van der Waals surface area contributed by atoms with Crippen LogP contribution in [0.15, 0.2) is 11.6 Å². The SMILES string of the molecule is C=C(C)c1c(NC=O)sc(C=NC)c1C. The monoisotopic (exact) mass is 222 g/mol. The van der Waals surface area contributed by atoms with E-state index in [-0.39, 0.29) is 0 Å². The van der Waals surface area contributed by atoms with Crippen LogP contribution in [0.1, 0.15) is 22.9 Å². The van der Waals surface area contributed by atoms with Crippen LogP contribution in [0.2, 0.25) is 0 Å². The van der Waals surface area contributed by atoms with Gasteiger partial charge < -0.3 is 5.32 Å². The number of nitrogens with one attached hydrogen (secondary N) is 1. The number of amides is 1. The van der Waals surface area contributed by atoms with Gasteiger partial charge in [0.15, 0.2) is 0 Å². The van der Waals surface area contributed by atoms with Crippen LogP contribution in [-0.4, -0.2) is 19.7 Å². The second kappa shape index (κ2) is 4.89. The fourth-order valence-corrected chi connectivity index (χ4v) is 2.61. The predicted octanol–water partition coefficient (Wildman–Crippen LogP) is 2.71. The molecule has 0 radical (unpaired) electrons. The number of thiophene rings is 1. The lowest BCUT2D eigenvalue weighted by Gasteiger charge is -2.02. The molecule has 0 aliphatic heterocycles. The Bertz CT molecular complexity index is 418. The van der Waals surface area contributed by atoms with Crippen molar-refractivity contribution < 1.29 is 4.79 Å². The van der Waals surface area contributed by atoms with E-state index in [2.05, 4.69) is 16.9 Å². The number of hydrogen-bond donors (Lipinski definition) is 1. The van der Waals surface area contributed by atoms with E-state index < -0.39 is 0 Å². The van der Waals surface area contributed by atoms with Gasteiger partial charge in [-0.15, -0.1) is 11.3 Å². The lowest BCUT2D eigenvalue weighted by Crippen LogP contribution is -1.94. The van der Waals surface area contributed by atoms with E-state index in [1.165, 1.54) is 11.3 Å². The van der Waals surface area contributed by atoms with Crippen LogP contribution >= 0.6 is 11.3 Å². The van der Waals surface area contributed by atoms with Crippen LogP contribution in [-0.2, 0) is 4.79 Å². The standard InChI is InChI=1S/C11H14N2OS/c1-7(2)10-8(3)9(5-12-4)15-11(10)13-6-14/h5-6H,1H2,2-4H3,(H,13,14). The summed E-state index contributed by atoms with van der Waals surface area (Å²) >= 11 is 1.51. The molecule has 0 unspecified atom stereocenters. The summed E-state index contributed by atoms with van der Waals surface area (Å²) in [6.45, 7) is 7.84. The maximum atomic E-state index is 10.5. The van der Waals surface area contributed by atoms with Gasteiger partial charge >= 0.3 is 0 Å². The fourth-order valence-electron chi connectivity index (χ4n) is 1.44. The smallest absolute Gasteiger partial charge is 0.212 e. The summed E-state index contributed by atoms with van der Waals surface area (Å²) in [5, 5.41) is 3.53. The fraction of sp³-hybridized carbons (Fsp3) is 0.273. The third-order valence-electron chi connectivity index (χ3n) is 2.05. The second-order valence-electron chi connectivity index (χ2n) is 3.23. The zero-order valence-corrected chi connectivity index (χ0v) is 9.94. The molecule has 80 valence electrons. The number of hydrogen-bond acceptors (Lipinski definition) is 3. The second-order valence-corrected chi connectivity index (χ2v) is 4.28. The van der Waals surface area contributed by atoms with Crippen LogP contribution in [0.4, 0.5) is 5.00 Å². The third kappa shape index (κ3) is 2.33.